The third-order valence-corrected chi connectivity index (χ3v) is 4.83. The van der Waals surface area contributed by atoms with Crippen molar-refractivity contribution in [2.45, 2.75) is 44.6 Å². The van der Waals surface area contributed by atoms with Gasteiger partial charge in [-0.1, -0.05) is 31.9 Å². The Labute approximate surface area is 110 Å². The molecule has 0 aliphatic heterocycles. The van der Waals surface area contributed by atoms with Crippen LogP contribution in [0.3, 0.4) is 0 Å². The van der Waals surface area contributed by atoms with Gasteiger partial charge in [-0.05, 0) is 46.3 Å². The number of hydrogen-bond acceptors (Lipinski definition) is 1. The van der Waals surface area contributed by atoms with E-state index in [9.17, 15) is 9.50 Å². The van der Waals surface area contributed by atoms with Gasteiger partial charge in [-0.2, -0.15) is 0 Å². The van der Waals surface area contributed by atoms with Crippen LogP contribution < -0.4 is 0 Å². The Morgan fingerprint density at radius 2 is 2.29 bits per heavy atom. The van der Waals surface area contributed by atoms with Crippen molar-refractivity contribution in [3.05, 3.63) is 34.1 Å². The number of rotatable bonds is 3. The third kappa shape index (κ3) is 2.55. The Kier molecular flexibility index (Phi) is 3.88. The van der Waals surface area contributed by atoms with E-state index in [4.69, 9.17) is 0 Å². The average molecular weight is 301 g/mol. The molecule has 17 heavy (non-hydrogen) atoms. The maximum atomic E-state index is 13.4. The zero-order valence-electron chi connectivity index (χ0n) is 10.0. The number of halogens is 2. The first-order valence-electron chi connectivity index (χ1n) is 6.22. The van der Waals surface area contributed by atoms with Crippen LogP contribution in [0.15, 0.2) is 22.7 Å². The lowest BCUT2D eigenvalue weighted by Crippen LogP contribution is -2.35. The van der Waals surface area contributed by atoms with Crippen LogP contribution in [0.5, 0.6) is 0 Å². The van der Waals surface area contributed by atoms with Gasteiger partial charge in [0.25, 0.3) is 0 Å². The van der Waals surface area contributed by atoms with E-state index < -0.39 is 5.60 Å². The molecule has 1 nitrogen and oxygen atoms in total. The van der Waals surface area contributed by atoms with Gasteiger partial charge in [0.15, 0.2) is 0 Å². The SMILES string of the molecule is CCC1CCCC1(O)Cc1cccc(F)c1Br. The molecule has 2 atom stereocenters. The van der Waals surface area contributed by atoms with Gasteiger partial charge >= 0.3 is 0 Å². The molecule has 0 radical (unpaired) electrons. The first-order chi connectivity index (χ1) is 8.07. The molecule has 0 amide bonds. The largest absolute Gasteiger partial charge is 0.389 e. The average Bonchev–Trinajstić information content (AvgIpc) is 2.66. The van der Waals surface area contributed by atoms with Crippen molar-refractivity contribution < 1.29 is 9.50 Å². The van der Waals surface area contributed by atoms with Crippen molar-refractivity contribution in [1.82, 2.24) is 0 Å². The Morgan fingerprint density at radius 3 is 3.00 bits per heavy atom. The predicted octanol–water partition coefficient (Wildman–Crippen LogP) is 4.07. The highest BCUT2D eigenvalue weighted by Gasteiger charge is 2.40. The zero-order valence-corrected chi connectivity index (χ0v) is 11.6. The summed E-state index contributed by atoms with van der Waals surface area (Å²) in [5.74, 6) is 0.0924. The van der Waals surface area contributed by atoms with Crippen LogP contribution >= 0.6 is 15.9 Å². The fourth-order valence-corrected chi connectivity index (χ4v) is 3.36. The number of hydrogen-bond donors (Lipinski definition) is 1. The van der Waals surface area contributed by atoms with Crippen LogP contribution in [0.1, 0.15) is 38.2 Å². The van der Waals surface area contributed by atoms with E-state index in [0.717, 1.165) is 31.2 Å². The van der Waals surface area contributed by atoms with Crippen LogP contribution in [0.4, 0.5) is 4.39 Å². The quantitative estimate of drug-likeness (QED) is 0.892. The molecule has 1 N–H and O–H groups in total. The van der Waals surface area contributed by atoms with E-state index in [1.54, 1.807) is 6.07 Å². The highest BCUT2D eigenvalue weighted by Crippen LogP contribution is 2.41. The van der Waals surface area contributed by atoms with E-state index in [-0.39, 0.29) is 5.82 Å². The van der Waals surface area contributed by atoms with Crippen LogP contribution in [0.2, 0.25) is 0 Å². The van der Waals surface area contributed by atoms with Crippen LogP contribution in [-0.2, 0) is 6.42 Å². The summed E-state index contributed by atoms with van der Waals surface area (Å²) >= 11 is 3.27. The standard InChI is InChI=1S/C14H18BrFO/c1-2-11-6-4-8-14(11,17)9-10-5-3-7-12(16)13(10)15/h3,5,7,11,17H,2,4,6,8-9H2,1H3. The predicted molar refractivity (Wildman–Crippen MR) is 70.4 cm³/mol. The van der Waals surface area contributed by atoms with Gasteiger partial charge in [-0.3, -0.25) is 0 Å². The second kappa shape index (κ2) is 5.07. The second-order valence-corrected chi connectivity index (χ2v) is 5.78. The monoisotopic (exact) mass is 300 g/mol. The lowest BCUT2D eigenvalue weighted by molar-refractivity contribution is 0.00128. The summed E-state index contributed by atoms with van der Waals surface area (Å²) in [6.07, 6.45) is 4.52. The molecule has 1 aromatic rings. The van der Waals surface area contributed by atoms with Crippen molar-refractivity contribution in [1.29, 1.82) is 0 Å². The molecule has 2 rings (SSSR count). The minimum atomic E-state index is -0.648. The Bertz CT molecular complexity index is 407. The van der Waals surface area contributed by atoms with Crippen molar-refractivity contribution >= 4 is 15.9 Å². The minimum absolute atomic E-state index is 0.253. The molecule has 3 heteroatoms. The molecule has 1 saturated carbocycles. The second-order valence-electron chi connectivity index (χ2n) is 4.99. The van der Waals surface area contributed by atoms with Crippen LogP contribution in [-0.4, -0.2) is 10.7 Å². The lowest BCUT2D eigenvalue weighted by atomic mass is 9.83. The summed E-state index contributed by atoms with van der Waals surface area (Å²) in [5, 5.41) is 10.7. The summed E-state index contributed by atoms with van der Waals surface area (Å²) in [7, 11) is 0. The highest BCUT2D eigenvalue weighted by atomic mass is 79.9. The lowest BCUT2D eigenvalue weighted by Gasteiger charge is -2.30. The number of aliphatic hydroxyl groups is 1. The van der Waals surface area contributed by atoms with Crippen molar-refractivity contribution in [3.63, 3.8) is 0 Å². The summed E-state index contributed by atoms with van der Waals surface area (Å²) in [4.78, 5) is 0. The maximum Gasteiger partial charge on any atom is 0.137 e. The molecule has 1 fully saturated rings. The molecule has 0 heterocycles. The summed E-state index contributed by atoms with van der Waals surface area (Å²) in [6.45, 7) is 2.11. The summed E-state index contributed by atoms with van der Waals surface area (Å²) in [6, 6.07) is 5.02. The van der Waals surface area contributed by atoms with Gasteiger partial charge in [-0.15, -0.1) is 0 Å². The first-order valence-corrected chi connectivity index (χ1v) is 7.01. The summed E-state index contributed by atoms with van der Waals surface area (Å²) < 4.78 is 13.9. The first kappa shape index (κ1) is 13.0. The van der Waals surface area contributed by atoms with Gasteiger partial charge in [0.2, 0.25) is 0 Å². The normalized spacial score (nSPS) is 28.6. The molecule has 94 valence electrons. The molecule has 1 aromatic carbocycles. The molecule has 0 spiro atoms. The fourth-order valence-electron chi connectivity index (χ4n) is 2.96. The van der Waals surface area contributed by atoms with Crippen LogP contribution in [0.25, 0.3) is 0 Å². The summed E-state index contributed by atoms with van der Waals surface area (Å²) in [5.41, 5.74) is 0.221. The van der Waals surface area contributed by atoms with Gasteiger partial charge in [0.05, 0.1) is 10.1 Å². The van der Waals surface area contributed by atoms with E-state index >= 15 is 0 Å². The van der Waals surface area contributed by atoms with Crippen molar-refractivity contribution in [2.75, 3.05) is 0 Å². The highest BCUT2D eigenvalue weighted by molar-refractivity contribution is 9.10. The maximum absolute atomic E-state index is 13.4. The van der Waals surface area contributed by atoms with Gasteiger partial charge in [-0.25, -0.2) is 4.39 Å². The minimum Gasteiger partial charge on any atom is -0.389 e. The molecular weight excluding hydrogens is 283 g/mol. The van der Waals surface area contributed by atoms with E-state index in [1.807, 2.05) is 6.07 Å². The van der Waals surface area contributed by atoms with E-state index in [0.29, 0.717) is 16.8 Å². The molecule has 2 unspecified atom stereocenters. The van der Waals surface area contributed by atoms with Gasteiger partial charge in [0.1, 0.15) is 5.82 Å². The van der Waals surface area contributed by atoms with Gasteiger partial charge in [0, 0.05) is 6.42 Å². The molecule has 0 aromatic heterocycles. The Balaban J connectivity index is 2.23. The topological polar surface area (TPSA) is 20.2 Å². The van der Waals surface area contributed by atoms with Crippen LogP contribution in [0, 0.1) is 11.7 Å². The molecular formula is C14H18BrFO. The fraction of sp³-hybridized carbons (Fsp3) is 0.571. The third-order valence-electron chi connectivity index (χ3n) is 3.94. The number of benzene rings is 1. The zero-order chi connectivity index (χ0) is 12.5. The van der Waals surface area contributed by atoms with Gasteiger partial charge < -0.3 is 5.11 Å². The Morgan fingerprint density at radius 1 is 1.53 bits per heavy atom. The molecule has 0 bridgehead atoms. The molecule has 1 aliphatic carbocycles. The molecule has 0 saturated heterocycles. The Hall–Kier alpha value is -0.410. The smallest absolute Gasteiger partial charge is 0.137 e. The van der Waals surface area contributed by atoms with E-state index in [2.05, 4.69) is 22.9 Å². The van der Waals surface area contributed by atoms with Crippen molar-refractivity contribution in [3.8, 4) is 0 Å². The molecule has 1 aliphatic rings. The van der Waals surface area contributed by atoms with E-state index in [1.165, 1.54) is 6.07 Å². The van der Waals surface area contributed by atoms with Crippen molar-refractivity contribution in [2.24, 2.45) is 5.92 Å².